The Hall–Kier alpha value is -1.98. The molecule has 5 heteroatoms. The molecule has 25 heavy (non-hydrogen) atoms. The van der Waals surface area contributed by atoms with Crippen LogP contribution in [0.1, 0.15) is 25.0 Å². The molecular formula is C20H25N3O2. The maximum absolute atomic E-state index is 6.13. The minimum Gasteiger partial charge on any atom is -0.477 e. The van der Waals surface area contributed by atoms with Gasteiger partial charge in [0.1, 0.15) is 0 Å². The van der Waals surface area contributed by atoms with Crippen molar-refractivity contribution in [2.75, 3.05) is 26.3 Å². The SMILES string of the molecule is c1ccc(CN2CCC3OCCCC3(COc3ccccn3)C2)nc1. The van der Waals surface area contributed by atoms with Gasteiger partial charge >= 0.3 is 0 Å². The van der Waals surface area contributed by atoms with E-state index in [1.165, 1.54) is 0 Å². The molecule has 2 aliphatic rings. The number of pyridine rings is 2. The fourth-order valence-electron chi connectivity index (χ4n) is 4.10. The van der Waals surface area contributed by atoms with E-state index < -0.39 is 0 Å². The monoisotopic (exact) mass is 339 g/mol. The first-order chi connectivity index (χ1) is 12.3. The van der Waals surface area contributed by atoms with Gasteiger partial charge in [0.05, 0.1) is 18.4 Å². The van der Waals surface area contributed by atoms with Crippen molar-refractivity contribution in [3.05, 3.63) is 54.5 Å². The van der Waals surface area contributed by atoms with Gasteiger partial charge < -0.3 is 9.47 Å². The van der Waals surface area contributed by atoms with Gasteiger partial charge in [-0.3, -0.25) is 9.88 Å². The second-order valence-electron chi connectivity index (χ2n) is 7.10. The predicted octanol–water partition coefficient (Wildman–Crippen LogP) is 2.93. The third kappa shape index (κ3) is 3.83. The zero-order chi connectivity index (χ0) is 17.0. The molecule has 0 saturated carbocycles. The summed E-state index contributed by atoms with van der Waals surface area (Å²) in [6.07, 6.45) is 7.22. The molecular weight excluding hydrogens is 314 g/mol. The van der Waals surface area contributed by atoms with Crippen LogP contribution in [0.2, 0.25) is 0 Å². The van der Waals surface area contributed by atoms with E-state index in [2.05, 4.69) is 27.0 Å². The molecule has 2 atom stereocenters. The molecule has 0 bridgehead atoms. The summed E-state index contributed by atoms with van der Waals surface area (Å²) in [5, 5.41) is 0. The second kappa shape index (κ2) is 7.50. The van der Waals surface area contributed by atoms with E-state index in [9.17, 15) is 0 Å². The smallest absolute Gasteiger partial charge is 0.213 e. The number of ether oxygens (including phenoxy) is 2. The number of hydrogen-bond acceptors (Lipinski definition) is 5. The van der Waals surface area contributed by atoms with Crippen LogP contribution >= 0.6 is 0 Å². The topological polar surface area (TPSA) is 47.5 Å². The first-order valence-electron chi connectivity index (χ1n) is 9.12. The predicted molar refractivity (Wildman–Crippen MR) is 95.3 cm³/mol. The first kappa shape index (κ1) is 16.5. The van der Waals surface area contributed by atoms with E-state index in [-0.39, 0.29) is 11.5 Å². The molecule has 4 rings (SSSR count). The summed E-state index contributed by atoms with van der Waals surface area (Å²) in [7, 11) is 0. The van der Waals surface area contributed by atoms with Crippen LogP contribution in [0.25, 0.3) is 0 Å². The highest BCUT2D eigenvalue weighted by atomic mass is 16.5. The maximum atomic E-state index is 6.13. The van der Waals surface area contributed by atoms with Gasteiger partial charge in [-0.05, 0) is 37.5 Å². The van der Waals surface area contributed by atoms with Crippen LogP contribution in [-0.2, 0) is 11.3 Å². The van der Waals surface area contributed by atoms with Crippen molar-refractivity contribution in [1.29, 1.82) is 0 Å². The number of aromatic nitrogens is 2. The molecule has 0 aromatic carbocycles. The Morgan fingerprint density at radius 3 is 2.84 bits per heavy atom. The first-order valence-corrected chi connectivity index (χ1v) is 9.12. The van der Waals surface area contributed by atoms with E-state index in [0.29, 0.717) is 12.5 Å². The molecule has 0 spiro atoms. The van der Waals surface area contributed by atoms with Crippen LogP contribution in [0, 0.1) is 5.41 Å². The zero-order valence-electron chi connectivity index (χ0n) is 14.5. The van der Waals surface area contributed by atoms with Crippen molar-refractivity contribution < 1.29 is 9.47 Å². The third-order valence-corrected chi connectivity index (χ3v) is 5.32. The lowest BCUT2D eigenvalue weighted by molar-refractivity contribution is -0.141. The van der Waals surface area contributed by atoms with Crippen molar-refractivity contribution in [2.24, 2.45) is 5.41 Å². The van der Waals surface area contributed by atoms with E-state index in [1.54, 1.807) is 6.20 Å². The van der Waals surface area contributed by atoms with Crippen molar-refractivity contribution in [3.63, 3.8) is 0 Å². The van der Waals surface area contributed by atoms with Gasteiger partial charge in [-0.1, -0.05) is 12.1 Å². The minimum atomic E-state index is 0.0444. The Labute approximate surface area is 149 Å². The molecule has 0 amide bonds. The van der Waals surface area contributed by atoms with Crippen molar-refractivity contribution in [3.8, 4) is 5.88 Å². The molecule has 132 valence electrons. The normalized spacial score (nSPS) is 26.8. The number of rotatable bonds is 5. The highest BCUT2D eigenvalue weighted by molar-refractivity contribution is 5.10. The molecule has 2 saturated heterocycles. The number of fused-ring (bicyclic) bond motifs is 1. The van der Waals surface area contributed by atoms with E-state index in [0.717, 1.165) is 51.2 Å². The Balaban J connectivity index is 1.47. The van der Waals surface area contributed by atoms with Crippen LogP contribution in [0.4, 0.5) is 0 Å². The summed E-state index contributed by atoms with van der Waals surface area (Å²) < 4.78 is 12.2. The second-order valence-corrected chi connectivity index (χ2v) is 7.10. The standard InChI is InChI=1S/C20H25N3O2/c1-3-10-21-17(6-1)14-23-12-8-18-20(15-23,9-5-13-24-18)16-25-19-7-2-4-11-22-19/h1-4,6-7,10-11,18H,5,8-9,12-16H2. The summed E-state index contributed by atoms with van der Waals surface area (Å²) in [4.78, 5) is 11.3. The average Bonchev–Trinajstić information content (AvgIpc) is 2.68. The fraction of sp³-hybridized carbons (Fsp3) is 0.500. The minimum absolute atomic E-state index is 0.0444. The Bertz CT molecular complexity index is 667. The van der Waals surface area contributed by atoms with Gasteiger partial charge in [0.2, 0.25) is 5.88 Å². The number of likely N-dealkylation sites (tertiary alicyclic amines) is 1. The Kier molecular flexibility index (Phi) is 4.95. The van der Waals surface area contributed by atoms with Crippen LogP contribution in [0.3, 0.4) is 0 Å². The van der Waals surface area contributed by atoms with Gasteiger partial charge in [0, 0.05) is 50.1 Å². The third-order valence-electron chi connectivity index (χ3n) is 5.32. The molecule has 0 aliphatic carbocycles. The summed E-state index contributed by atoms with van der Waals surface area (Å²) in [5.74, 6) is 0.697. The van der Waals surface area contributed by atoms with Crippen LogP contribution in [-0.4, -0.2) is 47.3 Å². The quantitative estimate of drug-likeness (QED) is 0.838. The molecule has 2 unspecified atom stereocenters. The molecule has 2 aromatic rings. The van der Waals surface area contributed by atoms with Crippen molar-refractivity contribution in [1.82, 2.24) is 14.9 Å². The molecule has 0 N–H and O–H groups in total. The average molecular weight is 339 g/mol. The van der Waals surface area contributed by atoms with Crippen LogP contribution < -0.4 is 4.74 Å². The number of hydrogen-bond donors (Lipinski definition) is 0. The van der Waals surface area contributed by atoms with Crippen molar-refractivity contribution >= 4 is 0 Å². The lowest BCUT2D eigenvalue weighted by Gasteiger charge is -2.50. The van der Waals surface area contributed by atoms with Gasteiger partial charge in [-0.15, -0.1) is 0 Å². The zero-order valence-corrected chi connectivity index (χ0v) is 14.5. The highest BCUT2D eigenvalue weighted by Gasteiger charge is 2.46. The van der Waals surface area contributed by atoms with Gasteiger partial charge in [0.15, 0.2) is 0 Å². The van der Waals surface area contributed by atoms with Crippen LogP contribution in [0.5, 0.6) is 5.88 Å². The molecule has 4 heterocycles. The van der Waals surface area contributed by atoms with E-state index >= 15 is 0 Å². The highest BCUT2D eigenvalue weighted by Crippen LogP contribution is 2.40. The summed E-state index contributed by atoms with van der Waals surface area (Å²) >= 11 is 0. The number of piperidine rings is 1. The van der Waals surface area contributed by atoms with Gasteiger partial charge in [-0.25, -0.2) is 4.98 Å². The maximum Gasteiger partial charge on any atom is 0.213 e. The molecule has 2 fully saturated rings. The van der Waals surface area contributed by atoms with Gasteiger partial charge in [-0.2, -0.15) is 0 Å². The molecule has 2 aliphatic heterocycles. The molecule has 2 aromatic heterocycles. The lowest BCUT2D eigenvalue weighted by atomic mass is 9.73. The number of nitrogens with zero attached hydrogens (tertiary/aromatic N) is 3. The lowest BCUT2D eigenvalue weighted by Crippen LogP contribution is -2.57. The van der Waals surface area contributed by atoms with Gasteiger partial charge in [0.25, 0.3) is 0 Å². The molecule has 0 radical (unpaired) electrons. The Morgan fingerprint density at radius 2 is 2.04 bits per heavy atom. The van der Waals surface area contributed by atoms with E-state index in [1.807, 2.05) is 30.5 Å². The Morgan fingerprint density at radius 1 is 1.16 bits per heavy atom. The molecule has 5 nitrogen and oxygen atoms in total. The largest absolute Gasteiger partial charge is 0.477 e. The summed E-state index contributed by atoms with van der Waals surface area (Å²) in [6, 6.07) is 11.9. The summed E-state index contributed by atoms with van der Waals surface area (Å²) in [5.41, 5.74) is 1.17. The fourth-order valence-corrected chi connectivity index (χ4v) is 4.10. The van der Waals surface area contributed by atoms with Crippen molar-refractivity contribution in [2.45, 2.75) is 31.9 Å². The van der Waals surface area contributed by atoms with E-state index in [4.69, 9.17) is 9.47 Å². The summed E-state index contributed by atoms with van der Waals surface area (Å²) in [6.45, 7) is 4.45. The van der Waals surface area contributed by atoms with Crippen LogP contribution in [0.15, 0.2) is 48.8 Å².